The number of nitrogens with one attached hydrogen (secondary N) is 1. The fourth-order valence-corrected chi connectivity index (χ4v) is 3.31. The Bertz CT molecular complexity index is 738. The predicted octanol–water partition coefficient (Wildman–Crippen LogP) is 5.05. The molecule has 1 aliphatic rings. The number of rotatable bonds is 7. The highest BCUT2D eigenvalue weighted by Gasteiger charge is 2.17. The molecule has 3 rings (SSSR count). The van der Waals surface area contributed by atoms with E-state index >= 15 is 0 Å². The zero-order chi connectivity index (χ0) is 18.2. The Balaban J connectivity index is 1.57. The van der Waals surface area contributed by atoms with Crippen molar-refractivity contribution >= 4 is 17.3 Å². The molecule has 136 valence electrons. The van der Waals surface area contributed by atoms with E-state index in [4.69, 9.17) is 0 Å². The highest BCUT2D eigenvalue weighted by molar-refractivity contribution is 6.04. The van der Waals surface area contributed by atoms with Gasteiger partial charge in [0.25, 0.3) is 5.91 Å². The summed E-state index contributed by atoms with van der Waals surface area (Å²) in [7, 11) is 0. The van der Waals surface area contributed by atoms with Crippen LogP contribution in [0.15, 0.2) is 60.3 Å². The number of aromatic nitrogens is 1. The second-order valence-corrected chi connectivity index (χ2v) is 6.60. The van der Waals surface area contributed by atoms with Crippen LogP contribution in [-0.4, -0.2) is 24.0 Å². The highest BCUT2D eigenvalue weighted by atomic mass is 16.2. The van der Waals surface area contributed by atoms with Crippen molar-refractivity contribution in [2.45, 2.75) is 39.0 Å². The Hall–Kier alpha value is -2.62. The molecule has 0 fully saturated rings. The third kappa shape index (κ3) is 4.72. The van der Waals surface area contributed by atoms with Crippen LogP contribution in [0, 0.1) is 0 Å². The van der Waals surface area contributed by atoms with Crippen molar-refractivity contribution in [3.8, 4) is 0 Å². The summed E-state index contributed by atoms with van der Waals surface area (Å²) in [6.07, 6.45) is 10.3. The first-order chi connectivity index (χ1) is 12.8. The summed E-state index contributed by atoms with van der Waals surface area (Å²) >= 11 is 0. The molecule has 0 radical (unpaired) electrons. The van der Waals surface area contributed by atoms with Crippen molar-refractivity contribution in [1.29, 1.82) is 0 Å². The molecule has 0 unspecified atom stereocenters. The molecule has 0 aliphatic heterocycles. The van der Waals surface area contributed by atoms with Gasteiger partial charge in [-0.05, 0) is 63.3 Å². The van der Waals surface area contributed by atoms with Gasteiger partial charge in [0.15, 0.2) is 0 Å². The first kappa shape index (κ1) is 18.2. The number of carbonyl (C=O) groups excluding carboxylic acids is 1. The number of nitrogens with zero attached hydrogens (tertiary/aromatic N) is 2. The molecular formula is C22H27N3O. The number of hydrogen-bond acceptors (Lipinski definition) is 3. The summed E-state index contributed by atoms with van der Waals surface area (Å²) in [6.45, 7) is 3.49. The molecule has 0 bridgehead atoms. The van der Waals surface area contributed by atoms with Crippen molar-refractivity contribution < 1.29 is 4.79 Å². The highest BCUT2D eigenvalue weighted by Crippen LogP contribution is 2.20. The largest absolute Gasteiger partial charge is 0.383 e. The van der Waals surface area contributed by atoms with Gasteiger partial charge in [-0.25, -0.2) is 4.98 Å². The van der Waals surface area contributed by atoms with Crippen LogP contribution in [0.3, 0.4) is 0 Å². The van der Waals surface area contributed by atoms with Crippen LogP contribution in [-0.2, 0) is 0 Å². The van der Waals surface area contributed by atoms with E-state index in [1.807, 2.05) is 43.3 Å². The van der Waals surface area contributed by atoms with Crippen LogP contribution < -0.4 is 10.2 Å². The molecular weight excluding hydrogens is 322 g/mol. The molecule has 0 spiro atoms. The van der Waals surface area contributed by atoms with Crippen LogP contribution >= 0.6 is 0 Å². The minimum atomic E-state index is -0.0717. The van der Waals surface area contributed by atoms with E-state index in [2.05, 4.69) is 16.4 Å². The number of anilines is 2. The minimum absolute atomic E-state index is 0.0717. The zero-order valence-corrected chi connectivity index (χ0v) is 15.4. The minimum Gasteiger partial charge on any atom is -0.383 e. The predicted molar refractivity (Wildman–Crippen MR) is 108 cm³/mol. The third-order valence-corrected chi connectivity index (χ3v) is 4.77. The van der Waals surface area contributed by atoms with Gasteiger partial charge in [-0.2, -0.15) is 0 Å². The Morgan fingerprint density at radius 3 is 2.65 bits per heavy atom. The molecule has 4 nitrogen and oxygen atoms in total. The van der Waals surface area contributed by atoms with Crippen molar-refractivity contribution in [3.63, 3.8) is 0 Å². The maximum Gasteiger partial charge on any atom is 0.276 e. The molecule has 1 aliphatic carbocycles. The third-order valence-electron chi connectivity index (χ3n) is 4.77. The van der Waals surface area contributed by atoms with Gasteiger partial charge in [-0.15, -0.1) is 0 Å². The summed E-state index contributed by atoms with van der Waals surface area (Å²) in [5.41, 5.74) is 3.88. The van der Waals surface area contributed by atoms with Gasteiger partial charge in [0.05, 0.1) is 11.9 Å². The fraction of sp³-hybridized carbons (Fsp3) is 0.364. The van der Waals surface area contributed by atoms with Crippen molar-refractivity contribution in [1.82, 2.24) is 4.98 Å². The smallest absolute Gasteiger partial charge is 0.276 e. The lowest BCUT2D eigenvalue weighted by Crippen LogP contribution is -2.31. The molecule has 1 heterocycles. The van der Waals surface area contributed by atoms with Gasteiger partial charge in [-0.1, -0.05) is 29.8 Å². The van der Waals surface area contributed by atoms with E-state index in [9.17, 15) is 4.79 Å². The van der Waals surface area contributed by atoms with Gasteiger partial charge in [0.2, 0.25) is 0 Å². The Morgan fingerprint density at radius 1 is 1.15 bits per heavy atom. The molecule has 1 N–H and O–H groups in total. The molecule has 1 aromatic heterocycles. The first-order valence-electron chi connectivity index (χ1n) is 9.52. The molecule has 26 heavy (non-hydrogen) atoms. The van der Waals surface area contributed by atoms with Crippen LogP contribution in [0.2, 0.25) is 0 Å². The van der Waals surface area contributed by atoms with Crippen LogP contribution in [0.5, 0.6) is 0 Å². The lowest BCUT2D eigenvalue weighted by atomic mass is 9.97. The zero-order valence-electron chi connectivity index (χ0n) is 15.4. The summed E-state index contributed by atoms with van der Waals surface area (Å²) in [4.78, 5) is 18.9. The Kier molecular flexibility index (Phi) is 6.42. The monoisotopic (exact) mass is 349 g/mol. The second kappa shape index (κ2) is 9.18. The average molecular weight is 349 g/mol. The average Bonchev–Trinajstić information content (AvgIpc) is 2.71. The molecule has 0 saturated carbocycles. The lowest BCUT2D eigenvalue weighted by molar-refractivity contribution is 0.0983. The van der Waals surface area contributed by atoms with Crippen molar-refractivity contribution in [2.24, 2.45) is 0 Å². The maximum atomic E-state index is 12.7. The van der Waals surface area contributed by atoms with Gasteiger partial charge >= 0.3 is 0 Å². The number of allylic oxidation sites excluding steroid dienone is 1. The normalized spacial score (nSPS) is 13.8. The topological polar surface area (TPSA) is 45.2 Å². The number of carbonyl (C=O) groups is 1. The lowest BCUT2D eigenvalue weighted by Gasteiger charge is -2.20. The van der Waals surface area contributed by atoms with Crippen LogP contribution in [0.4, 0.5) is 11.4 Å². The molecule has 1 aromatic carbocycles. The van der Waals surface area contributed by atoms with E-state index < -0.39 is 0 Å². The summed E-state index contributed by atoms with van der Waals surface area (Å²) < 4.78 is 0. The van der Waals surface area contributed by atoms with Gasteiger partial charge in [0, 0.05) is 18.8 Å². The Labute approximate surface area is 155 Å². The summed E-state index contributed by atoms with van der Waals surface area (Å²) in [6, 6.07) is 13.4. The number of benzene rings is 1. The molecule has 1 amide bonds. The van der Waals surface area contributed by atoms with E-state index in [0.717, 1.165) is 24.3 Å². The fourth-order valence-electron chi connectivity index (χ4n) is 3.31. The Morgan fingerprint density at radius 2 is 2.00 bits per heavy atom. The van der Waals surface area contributed by atoms with E-state index in [1.165, 1.54) is 25.7 Å². The van der Waals surface area contributed by atoms with E-state index in [-0.39, 0.29) is 5.91 Å². The number of hydrogen-bond donors (Lipinski definition) is 1. The van der Waals surface area contributed by atoms with Gasteiger partial charge in [0.1, 0.15) is 5.69 Å². The number of para-hydroxylation sites is 1. The van der Waals surface area contributed by atoms with Crippen molar-refractivity contribution in [3.05, 3.63) is 66.0 Å². The van der Waals surface area contributed by atoms with E-state index in [1.54, 1.807) is 22.7 Å². The standard InChI is InChI=1S/C22H27N3O/c1-2-25(20-11-7-4-8-12-20)22(26)21-14-13-19(17-24-21)23-16-15-18-9-5-3-6-10-18/h4,7-9,11-14,17,23H,2-3,5-6,10,15-16H2,1H3. The van der Waals surface area contributed by atoms with Gasteiger partial charge in [-0.3, -0.25) is 4.79 Å². The maximum absolute atomic E-state index is 12.7. The second-order valence-electron chi connectivity index (χ2n) is 6.60. The number of pyridine rings is 1. The number of amides is 1. The van der Waals surface area contributed by atoms with Crippen molar-refractivity contribution in [2.75, 3.05) is 23.3 Å². The summed E-state index contributed by atoms with van der Waals surface area (Å²) in [5, 5.41) is 3.40. The molecule has 0 saturated heterocycles. The summed E-state index contributed by atoms with van der Waals surface area (Å²) in [5.74, 6) is -0.0717. The molecule has 4 heteroatoms. The quantitative estimate of drug-likeness (QED) is 0.711. The first-order valence-corrected chi connectivity index (χ1v) is 9.52. The van der Waals surface area contributed by atoms with Crippen LogP contribution in [0.25, 0.3) is 0 Å². The van der Waals surface area contributed by atoms with Gasteiger partial charge < -0.3 is 10.2 Å². The molecule has 2 aromatic rings. The molecule has 0 atom stereocenters. The SMILES string of the molecule is CCN(C(=O)c1ccc(NCCC2=CCCCC2)cn1)c1ccccc1. The van der Waals surface area contributed by atoms with E-state index in [0.29, 0.717) is 12.2 Å². The van der Waals surface area contributed by atoms with Crippen LogP contribution in [0.1, 0.15) is 49.5 Å².